The zero-order chi connectivity index (χ0) is 9.61. The SMILES string of the molecule is C=CC[N+](C)(C=S(=O)=O)CC=C.[Cl-]. The summed E-state index contributed by atoms with van der Waals surface area (Å²) in [4.78, 5) is 0. The monoisotopic (exact) mass is 223 g/mol. The largest absolute Gasteiger partial charge is 1.00 e. The van der Waals surface area contributed by atoms with Gasteiger partial charge in [-0.1, -0.05) is 13.2 Å². The van der Waals surface area contributed by atoms with Gasteiger partial charge in [0.15, 0.2) is 0 Å². The van der Waals surface area contributed by atoms with E-state index in [1.54, 1.807) is 19.2 Å². The Morgan fingerprint density at radius 1 is 1.23 bits per heavy atom. The van der Waals surface area contributed by atoms with E-state index in [9.17, 15) is 8.42 Å². The molecule has 0 aliphatic heterocycles. The van der Waals surface area contributed by atoms with Gasteiger partial charge in [-0.05, 0) is 12.2 Å². The van der Waals surface area contributed by atoms with E-state index in [1.165, 1.54) is 5.49 Å². The predicted octanol–water partition coefficient (Wildman–Crippen LogP) is -2.55. The van der Waals surface area contributed by atoms with Crippen LogP contribution in [0.15, 0.2) is 25.3 Å². The standard InChI is InChI=1S/C8H14NO2S.ClH/c1-4-6-9(3,7-5-2)8-12(10)11;/h4-5,8H,1-2,6-7H2,3H3;1H/q+1;/p-1. The van der Waals surface area contributed by atoms with Gasteiger partial charge >= 0.3 is 0 Å². The van der Waals surface area contributed by atoms with Crippen molar-refractivity contribution in [1.29, 1.82) is 0 Å². The third kappa shape index (κ3) is 6.57. The first kappa shape index (κ1) is 14.9. The molecule has 3 nitrogen and oxygen atoms in total. The van der Waals surface area contributed by atoms with Crippen molar-refractivity contribution in [2.24, 2.45) is 0 Å². The van der Waals surface area contributed by atoms with Gasteiger partial charge in [-0.2, -0.15) is 8.42 Å². The van der Waals surface area contributed by atoms with Gasteiger partial charge in [0.25, 0.3) is 10.3 Å². The fourth-order valence-electron chi connectivity index (χ4n) is 0.958. The zero-order valence-electron chi connectivity index (χ0n) is 7.61. The zero-order valence-corrected chi connectivity index (χ0v) is 9.18. The Labute approximate surface area is 86.9 Å². The number of hydrogen-bond acceptors (Lipinski definition) is 2. The first-order valence-electron chi connectivity index (χ1n) is 3.54. The highest BCUT2D eigenvalue weighted by molar-refractivity contribution is 7.71. The van der Waals surface area contributed by atoms with E-state index < -0.39 is 10.3 Å². The first-order valence-corrected chi connectivity index (χ1v) is 4.68. The molecule has 0 aliphatic carbocycles. The molecule has 0 aromatic heterocycles. The maximum atomic E-state index is 10.4. The maximum Gasteiger partial charge on any atom is 0.268 e. The summed E-state index contributed by atoms with van der Waals surface area (Å²) in [5.41, 5.74) is 1.24. The molecule has 0 aliphatic rings. The lowest BCUT2D eigenvalue weighted by Crippen LogP contribution is -3.00. The lowest BCUT2D eigenvalue weighted by atomic mass is 10.4. The van der Waals surface area contributed by atoms with Crippen LogP contribution in [-0.4, -0.2) is 38.5 Å². The van der Waals surface area contributed by atoms with Crippen LogP contribution in [0.4, 0.5) is 0 Å². The molecule has 0 aromatic carbocycles. The molecule has 0 radical (unpaired) electrons. The van der Waals surface area contributed by atoms with Crippen molar-refractivity contribution in [3.05, 3.63) is 25.3 Å². The van der Waals surface area contributed by atoms with Gasteiger partial charge in [0, 0.05) is 0 Å². The minimum Gasteiger partial charge on any atom is -1.00 e. The topological polar surface area (TPSA) is 34.1 Å². The summed E-state index contributed by atoms with van der Waals surface area (Å²) in [7, 11) is -0.332. The molecule has 0 rings (SSSR count). The smallest absolute Gasteiger partial charge is 0.268 e. The first-order chi connectivity index (χ1) is 5.54. The second-order valence-electron chi connectivity index (χ2n) is 2.79. The molecule has 0 heterocycles. The number of halogens is 1. The highest BCUT2D eigenvalue weighted by atomic mass is 35.5. The lowest BCUT2D eigenvalue weighted by Gasteiger charge is -2.25. The normalized spacial score (nSPS) is 9.62. The average Bonchev–Trinajstić information content (AvgIpc) is 1.85. The van der Waals surface area contributed by atoms with Gasteiger partial charge in [0.2, 0.25) is 5.49 Å². The van der Waals surface area contributed by atoms with Crippen LogP contribution in [0.25, 0.3) is 0 Å². The van der Waals surface area contributed by atoms with Gasteiger partial charge < -0.3 is 12.4 Å². The van der Waals surface area contributed by atoms with Gasteiger partial charge in [0.1, 0.15) is 13.1 Å². The summed E-state index contributed by atoms with van der Waals surface area (Å²) in [6, 6.07) is 0. The van der Waals surface area contributed by atoms with Crippen LogP contribution in [0.5, 0.6) is 0 Å². The molecular formula is C8H14ClNO2S. The molecule has 0 spiro atoms. The molecule has 0 fully saturated rings. The Morgan fingerprint density at radius 2 is 1.62 bits per heavy atom. The van der Waals surface area contributed by atoms with E-state index in [4.69, 9.17) is 0 Å². The van der Waals surface area contributed by atoms with Crippen LogP contribution in [-0.2, 0) is 10.3 Å². The maximum absolute atomic E-state index is 10.4. The second-order valence-corrected chi connectivity index (χ2v) is 3.52. The molecule has 0 saturated carbocycles. The summed E-state index contributed by atoms with van der Waals surface area (Å²) in [5.74, 6) is 0. The van der Waals surface area contributed by atoms with Crippen LogP contribution >= 0.6 is 0 Å². The number of quaternary nitrogens is 1. The highest BCUT2D eigenvalue weighted by Gasteiger charge is 2.15. The quantitative estimate of drug-likeness (QED) is 0.292. The lowest BCUT2D eigenvalue weighted by molar-refractivity contribution is -0.798. The molecular weight excluding hydrogens is 210 g/mol. The fraction of sp³-hybridized carbons (Fsp3) is 0.375. The Morgan fingerprint density at radius 3 is 1.85 bits per heavy atom. The summed E-state index contributed by atoms with van der Waals surface area (Å²) in [6.07, 6.45) is 3.37. The van der Waals surface area contributed by atoms with Gasteiger partial charge in [0.05, 0.1) is 7.05 Å². The van der Waals surface area contributed by atoms with Crippen molar-refractivity contribution in [2.45, 2.75) is 0 Å². The fourth-order valence-corrected chi connectivity index (χ4v) is 1.55. The summed E-state index contributed by atoms with van der Waals surface area (Å²) in [6.45, 7) is 8.30. The number of hydrogen-bond donors (Lipinski definition) is 0. The van der Waals surface area contributed by atoms with Crippen molar-refractivity contribution >= 4 is 15.8 Å². The van der Waals surface area contributed by atoms with Crippen LogP contribution in [0.1, 0.15) is 0 Å². The number of rotatable bonds is 5. The molecule has 0 saturated heterocycles. The molecule has 13 heavy (non-hydrogen) atoms. The van der Waals surface area contributed by atoms with Crippen LogP contribution in [0, 0.1) is 0 Å². The molecule has 0 N–H and O–H groups in total. The molecule has 0 amide bonds. The van der Waals surface area contributed by atoms with Crippen molar-refractivity contribution < 1.29 is 25.3 Å². The van der Waals surface area contributed by atoms with Crippen molar-refractivity contribution in [1.82, 2.24) is 0 Å². The van der Waals surface area contributed by atoms with Crippen LogP contribution in [0.2, 0.25) is 0 Å². The molecule has 0 atom stereocenters. The Kier molecular flexibility index (Phi) is 7.90. The molecule has 0 bridgehead atoms. The van der Waals surface area contributed by atoms with E-state index in [0.29, 0.717) is 17.6 Å². The molecule has 0 unspecified atom stereocenters. The van der Waals surface area contributed by atoms with E-state index in [1.807, 2.05) is 0 Å². The third-order valence-electron chi connectivity index (χ3n) is 1.43. The summed E-state index contributed by atoms with van der Waals surface area (Å²) in [5, 5.41) is 0. The predicted molar refractivity (Wildman–Crippen MR) is 51.3 cm³/mol. The van der Waals surface area contributed by atoms with Gasteiger partial charge in [-0.3, -0.25) is 4.48 Å². The molecule has 5 heteroatoms. The highest BCUT2D eigenvalue weighted by Crippen LogP contribution is 1.97. The van der Waals surface area contributed by atoms with Crippen LogP contribution in [0.3, 0.4) is 0 Å². The van der Waals surface area contributed by atoms with Crippen molar-refractivity contribution in [3.8, 4) is 0 Å². The molecule has 0 aromatic rings. The van der Waals surface area contributed by atoms with E-state index in [-0.39, 0.29) is 12.4 Å². The average molecular weight is 224 g/mol. The Balaban J connectivity index is 0. The van der Waals surface area contributed by atoms with E-state index in [0.717, 1.165) is 0 Å². The number of nitrogens with zero attached hydrogens (tertiary/aromatic N) is 1. The Bertz CT molecular complexity index is 277. The van der Waals surface area contributed by atoms with E-state index in [2.05, 4.69) is 13.2 Å². The van der Waals surface area contributed by atoms with Gasteiger partial charge in [-0.15, -0.1) is 0 Å². The van der Waals surface area contributed by atoms with E-state index >= 15 is 0 Å². The second kappa shape index (κ2) is 6.88. The summed E-state index contributed by atoms with van der Waals surface area (Å²) < 4.78 is 21.1. The molecule has 76 valence electrons. The minimum absolute atomic E-state index is 0. The number of likely N-dealkylation sites (N-methyl/N-ethyl adjacent to an activating group) is 1. The third-order valence-corrected chi connectivity index (χ3v) is 2.11. The van der Waals surface area contributed by atoms with Gasteiger partial charge in [-0.25, -0.2) is 0 Å². The van der Waals surface area contributed by atoms with Crippen molar-refractivity contribution in [2.75, 3.05) is 20.1 Å². The summed E-state index contributed by atoms with van der Waals surface area (Å²) >= 11 is 0. The minimum atomic E-state index is -2.14. The van der Waals surface area contributed by atoms with Crippen LogP contribution < -0.4 is 12.4 Å². The van der Waals surface area contributed by atoms with Crippen molar-refractivity contribution in [3.63, 3.8) is 0 Å². The Hall–Kier alpha value is -0.580.